The fourth-order valence-electron chi connectivity index (χ4n) is 4.68. The number of fused-ring (bicyclic) bond motifs is 1. The van der Waals surface area contributed by atoms with Crippen LogP contribution < -0.4 is 10.9 Å². The quantitative estimate of drug-likeness (QED) is 0.456. The highest BCUT2D eigenvalue weighted by Gasteiger charge is 2.50. The number of carbonyl (C=O) groups excluding carboxylic acids is 1. The molecule has 1 aromatic heterocycles. The maximum atomic E-state index is 14.3. The molecule has 0 fully saturated rings. The molecule has 0 saturated heterocycles. The van der Waals surface area contributed by atoms with Crippen LogP contribution in [0.25, 0.3) is 10.8 Å². The predicted octanol–water partition coefficient (Wildman–Crippen LogP) is 3.25. The molecule has 34 heavy (non-hydrogen) atoms. The fraction of sp³-hybridized carbons (Fsp3) is 0.0870. The van der Waals surface area contributed by atoms with Gasteiger partial charge in [0.2, 0.25) is 0 Å². The van der Waals surface area contributed by atoms with Gasteiger partial charge in [-0.05, 0) is 42.0 Å². The van der Waals surface area contributed by atoms with E-state index in [9.17, 15) is 26.8 Å². The lowest BCUT2D eigenvalue weighted by molar-refractivity contribution is 0.0817. The molecular formula is C23H14F2N4O4S. The molecule has 2 unspecified atom stereocenters. The largest absolute Gasteiger partial charge is 0.375 e. The lowest BCUT2D eigenvalue weighted by Gasteiger charge is -2.38. The number of nitrogens with zero attached hydrogens (tertiary/aromatic N) is 2. The van der Waals surface area contributed by atoms with Gasteiger partial charge in [-0.2, -0.15) is 5.10 Å². The third-order valence-corrected chi connectivity index (χ3v) is 7.95. The van der Waals surface area contributed by atoms with E-state index in [-0.39, 0.29) is 32.6 Å². The predicted molar refractivity (Wildman–Crippen MR) is 118 cm³/mol. The van der Waals surface area contributed by atoms with Crippen LogP contribution in [-0.2, 0) is 10.0 Å². The van der Waals surface area contributed by atoms with Crippen molar-refractivity contribution < 1.29 is 22.0 Å². The van der Waals surface area contributed by atoms with Crippen molar-refractivity contribution in [3.8, 4) is 0 Å². The Morgan fingerprint density at radius 1 is 0.941 bits per heavy atom. The first-order chi connectivity index (χ1) is 16.3. The van der Waals surface area contributed by atoms with Crippen LogP contribution in [0.3, 0.4) is 0 Å². The summed E-state index contributed by atoms with van der Waals surface area (Å²) >= 11 is 0. The Morgan fingerprint density at radius 3 is 2.41 bits per heavy atom. The highest BCUT2D eigenvalue weighted by atomic mass is 32.2. The Labute approximate surface area is 190 Å². The van der Waals surface area contributed by atoms with Gasteiger partial charge >= 0.3 is 0 Å². The van der Waals surface area contributed by atoms with E-state index in [0.717, 1.165) is 16.4 Å². The Morgan fingerprint density at radius 2 is 1.68 bits per heavy atom. The second kappa shape index (κ2) is 6.94. The zero-order valence-corrected chi connectivity index (χ0v) is 17.9. The van der Waals surface area contributed by atoms with Crippen molar-refractivity contribution in [2.45, 2.75) is 17.0 Å². The number of nitrogens with one attached hydrogen (secondary N) is 2. The molecule has 0 saturated carbocycles. The summed E-state index contributed by atoms with van der Waals surface area (Å²) in [4.78, 5) is 25.7. The van der Waals surface area contributed by atoms with Crippen LogP contribution in [0.2, 0.25) is 0 Å². The molecule has 6 rings (SSSR count). The number of benzene rings is 3. The van der Waals surface area contributed by atoms with E-state index in [1.165, 1.54) is 42.5 Å². The number of anilines is 1. The van der Waals surface area contributed by atoms with Crippen molar-refractivity contribution in [3.05, 3.63) is 99.5 Å². The third-order valence-electron chi connectivity index (χ3n) is 6.12. The van der Waals surface area contributed by atoms with Crippen LogP contribution in [0.15, 0.2) is 70.4 Å². The number of sulfonamides is 1. The van der Waals surface area contributed by atoms with Gasteiger partial charge in [0, 0.05) is 11.1 Å². The van der Waals surface area contributed by atoms with Crippen molar-refractivity contribution in [1.82, 2.24) is 14.5 Å². The van der Waals surface area contributed by atoms with E-state index in [2.05, 4.69) is 15.5 Å². The molecule has 2 atom stereocenters. The summed E-state index contributed by atoms with van der Waals surface area (Å²) in [6.45, 7) is 0. The number of amides is 1. The molecule has 0 aliphatic carbocycles. The number of halogens is 2. The fourth-order valence-corrected chi connectivity index (χ4v) is 6.41. The van der Waals surface area contributed by atoms with E-state index in [0.29, 0.717) is 5.56 Å². The molecule has 0 spiro atoms. The summed E-state index contributed by atoms with van der Waals surface area (Å²) in [5.74, 6) is -1.96. The molecule has 2 aliphatic heterocycles. The number of H-pyrrole nitrogens is 1. The monoisotopic (exact) mass is 480 g/mol. The summed E-state index contributed by atoms with van der Waals surface area (Å²) in [6, 6.07) is 11.1. The Hall–Kier alpha value is -4.12. The van der Waals surface area contributed by atoms with Crippen LogP contribution >= 0.6 is 0 Å². The number of aromatic nitrogens is 2. The smallest absolute Gasteiger partial charge is 0.272 e. The highest BCUT2D eigenvalue weighted by Crippen LogP contribution is 2.49. The normalized spacial score (nSPS) is 20.3. The second-order valence-electron chi connectivity index (χ2n) is 8.03. The minimum Gasteiger partial charge on any atom is -0.375 e. The van der Waals surface area contributed by atoms with Crippen LogP contribution in [0.5, 0.6) is 0 Å². The van der Waals surface area contributed by atoms with E-state index in [1.54, 1.807) is 6.07 Å². The molecule has 0 bridgehead atoms. The van der Waals surface area contributed by atoms with Crippen LogP contribution in [-0.4, -0.2) is 28.8 Å². The first-order valence-electron chi connectivity index (χ1n) is 10.2. The molecule has 2 N–H and O–H groups in total. The Bertz CT molecular complexity index is 1690. The van der Waals surface area contributed by atoms with E-state index in [4.69, 9.17) is 0 Å². The lowest BCUT2D eigenvalue weighted by Crippen LogP contribution is -2.42. The van der Waals surface area contributed by atoms with Gasteiger partial charge in [0.25, 0.3) is 21.5 Å². The maximum Gasteiger partial charge on any atom is 0.272 e. The van der Waals surface area contributed by atoms with Crippen molar-refractivity contribution >= 4 is 32.4 Å². The first kappa shape index (κ1) is 20.5. The van der Waals surface area contributed by atoms with Gasteiger partial charge < -0.3 is 5.32 Å². The van der Waals surface area contributed by atoms with Gasteiger partial charge in [-0.3, -0.25) is 9.59 Å². The molecule has 11 heteroatoms. The van der Waals surface area contributed by atoms with Gasteiger partial charge in [-0.1, -0.05) is 24.3 Å². The van der Waals surface area contributed by atoms with Crippen molar-refractivity contribution in [2.75, 3.05) is 5.32 Å². The van der Waals surface area contributed by atoms with Crippen molar-refractivity contribution in [3.63, 3.8) is 0 Å². The zero-order chi connectivity index (χ0) is 23.8. The first-order valence-corrected chi connectivity index (χ1v) is 11.6. The molecule has 3 heterocycles. The minimum absolute atomic E-state index is 0.00549. The molecule has 170 valence electrons. The van der Waals surface area contributed by atoms with Gasteiger partial charge in [0.15, 0.2) is 0 Å². The van der Waals surface area contributed by atoms with Crippen molar-refractivity contribution in [1.29, 1.82) is 0 Å². The van der Waals surface area contributed by atoms with E-state index >= 15 is 0 Å². The number of aromatic amines is 1. The number of carbonyl (C=O) groups is 1. The summed E-state index contributed by atoms with van der Waals surface area (Å²) < 4.78 is 55.8. The van der Waals surface area contributed by atoms with Crippen LogP contribution in [0, 0.1) is 11.6 Å². The molecular weight excluding hydrogens is 466 g/mol. The molecule has 8 nitrogen and oxygen atoms in total. The average Bonchev–Trinajstić information content (AvgIpc) is 3.01. The Kier molecular flexibility index (Phi) is 4.18. The van der Waals surface area contributed by atoms with Gasteiger partial charge in [-0.15, -0.1) is 0 Å². The highest BCUT2D eigenvalue weighted by molar-refractivity contribution is 7.90. The summed E-state index contributed by atoms with van der Waals surface area (Å²) in [5.41, 5.74) is 0.0460. The topological polar surface area (TPSA) is 112 Å². The molecule has 0 radical (unpaired) electrons. The second-order valence-corrected chi connectivity index (χ2v) is 9.82. The van der Waals surface area contributed by atoms with E-state index in [1.807, 2.05) is 0 Å². The molecule has 1 amide bonds. The van der Waals surface area contributed by atoms with Crippen molar-refractivity contribution in [2.24, 2.45) is 0 Å². The van der Waals surface area contributed by atoms with Gasteiger partial charge in [-0.25, -0.2) is 26.6 Å². The SMILES string of the molecule is O=C1c2ccccc2S(=O)(=O)N1C1c2n[nH]c(=O)c3cc(F)cc(c23)NC1c1ccc(F)cc1. The number of rotatable bonds is 2. The summed E-state index contributed by atoms with van der Waals surface area (Å²) in [7, 11) is -4.30. The summed E-state index contributed by atoms with van der Waals surface area (Å²) in [5, 5.41) is 9.62. The number of hydrogen-bond acceptors (Lipinski definition) is 6. The number of hydrogen-bond donors (Lipinski definition) is 2. The Balaban J connectivity index is 1.66. The molecule has 2 aliphatic rings. The standard InChI is InChI=1S/C23H14F2N4O4S/c24-12-7-5-11(6-8-12)19-21(29-23(31)14-3-1-2-4-17(14)34(29,32)33)20-18-15(22(30)28-27-20)9-13(25)10-16(18)26-19/h1-10,19,21,26H,(H,28,30). The van der Waals surface area contributed by atoms with Gasteiger partial charge in [0.05, 0.1) is 22.7 Å². The minimum atomic E-state index is -4.30. The lowest BCUT2D eigenvalue weighted by atomic mass is 9.89. The zero-order valence-electron chi connectivity index (χ0n) is 17.1. The van der Waals surface area contributed by atoms with E-state index < -0.39 is 45.2 Å². The average molecular weight is 480 g/mol. The molecule has 4 aromatic rings. The van der Waals surface area contributed by atoms with Crippen LogP contribution in [0.1, 0.15) is 33.7 Å². The maximum absolute atomic E-state index is 14.3. The molecule has 3 aromatic carbocycles. The van der Waals surface area contributed by atoms with Crippen LogP contribution in [0.4, 0.5) is 14.5 Å². The third kappa shape index (κ3) is 2.73. The summed E-state index contributed by atoms with van der Waals surface area (Å²) in [6.07, 6.45) is 0. The van der Waals surface area contributed by atoms with Gasteiger partial charge in [0.1, 0.15) is 22.6 Å².